The van der Waals surface area contributed by atoms with Crippen LogP contribution in [0.1, 0.15) is 65.7 Å². The third-order valence-electron chi connectivity index (χ3n) is 7.48. The lowest BCUT2D eigenvalue weighted by atomic mass is 9.50. The largest absolute Gasteiger partial charge is 0.325 e. The molecule has 3 aliphatic rings. The molecule has 23 heavy (non-hydrogen) atoms. The van der Waals surface area contributed by atoms with Crippen molar-refractivity contribution >= 4 is 0 Å². The highest BCUT2D eigenvalue weighted by molar-refractivity contribution is 5.12. The smallest absolute Gasteiger partial charge is 0.102 e. The van der Waals surface area contributed by atoms with Gasteiger partial charge in [-0.2, -0.15) is 0 Å². The molecule has 3 aliphatic carbocycles. The van der Waals surface area contributed by atoms with Crippen LogP contribution in [0.3, 0.4) is 0 Å². The van der Waals surface area contributed by atoms with E-state index in [9.17, 15) is 4.39 Å². The van der Waals surface area contributed by atoms with Crippen LogP contribution in [-0.2, 0) is 0 Å². The minimum Gasteiger partial charge on any atom is -0.325 e. The second-order valence-corrected chi connectivity index (χ2v) is 8.44. The number of halogens is 1. The minimum absolute atomic E-state index is 0. The highest BCUT2D eigenvalue weighted by Crippen LogP contribution is 2.63. The van der Waals surface area contributed by atoms with Crippen molar-refractivity contribution in [3.63, 3.8) is 0 Å². The molecule has 132 valence electrons. The van der Waals surface area contributed by atoms with Gasteiger partial charge in [0.1, 0.15) is 6.17 Å². The molecule has 0 bridgehead atoms. The Labute approximate surface area is 142 Å². The molecule has 7 atom stereocenters. The van der Waals surface area contributed by atoms with Crippen molar-refractivity contribution in [1.82, 2.24) is 0 Å². The van der Waals surface area contributed by atoms with E-state index >= 15 is 0 Å². The Balaban J connectivity index is 0.00000192. The molecule has 0 aliphatic heterocycles. The molecule has 1 nitrogen and oxygen atoms in total. The van der Waals surface area contributed by atoms with Crippen LogP contribution in [0.15, 0.2) is 25.3 Å². The van der Waals surface area contributed by atoms with Crippen molar-refractivity contribution < 1.29 is 4.39 Å². The van der Waals surface area contributed by atoms with Crippen LogP contribution < -0.4 is 5.73 Å². The lowest BCUT2D eigenvalue weighted by Gasteiger charge is -2.56. The Hall–Kier alpha value is -0.630. The van der Waals surface area contributed by atoms with Crippen molar-refractivity contribution in [2.24, 2.45) is 34.8 Å². The van der Waals surface area contributed by atoms with Crippen LogP contribution in [0.5, 0.6) is 0 Å². The van der Waals surface area contributed by atoms with Gasteiger partial charge in [0, 0.05) is 5.54 Å². The normalized spacial score (nSPS) is 48.7. The van der Waals surface area contributed by atoms with E-state index in [1.54, 1.807) is 0 Å². The van der Waals surface area contributed by atoms with Gasteiger partial charge in [0.2, 0.25) is 0 Å². The number of hydrogen-bond acceptors (Lipinski definition) is 1. The molecular weight excluding hydrogens is 285 g/mol. The number of hydrogen-bond donors (Lipinski definition) is 1. The van der Waals surface area contributed by atoms with Crippen molar-refractivity contribution in [3.8, 4) is 0 Å². The zero-order valence-corrected chi connectivity index (χ0v) is 14.1. The second-order valence-electron chi connectivity index (χ2n) is 8.44. The van der Waals surface area contributed by atoms with E-state index < -0.39 is 6.17 Å². The molecular formula is C21H36FN. The highest BCUT2D eigenvalue weighted by Gasteiger charge is 2.58. The van der Waals surface area contributed by atoms with E-state index in [1.807, 2.05) is 6.08 Å². The lowest BCUT2D eigenvalue weighted by Crippen LogP contribution is -2.59. The van der Waals surface area contributed by atoms with E-state index in [4.69, 9.17) is 5.73 Å². The average Bonchev–Trinajstić information content (AvgIpc) is 2.81. The Bertz CT molecular complexity index is 447. The summed E-state index contributed by atoms with van der Waals surface area (Å²) in [5, 5.41) is 0. The predicted octanol–water partition coefficient (Wildman–Crippen LogP) is 5.66. The maximum atomic E-state index is 14.5. The Morgan fingerprint density at radius 3 is 2.61 bits per heavy atom. The van der Waals surface area contributed by atoms with Gasteiger partial charge >= 0.3 is 0 Å². The number of rotatable bonds is 4. The predicted molar refractivity (Wildman–Crippen MR) is 97.9 cm³/mol. The fourth-order valence-electron chi connectivity index (χ4n) is 6.36. The molecule has 3 rings (SSSR count). The Kier molecular flexibility index (Phi) is 5.45. The Morgan fingerprint density at radius 2 is 1.96 bits per heavy atom. The van der Waals surface area contributed by atoms with Crippen molar-refractivity contribution in [2.45, 2.75) is 77.4 Å². The maximum absolute atomic E-state index is 14.5. The average molecular weight is 322 g/mol. The summed E-state index contributed by atoms with van der Waals surface area (Å²) in [6.07, 6.45) is 11.3. The minimum atomic E-state index is -0.721. The van der Waals surface area contributed by atoms with Crippen LogP contribution in [0.4, 0.5) is 4.39 Å². The van der Waals surface area contributed by atoms with Gasteiger partial charge in [0.15, 0.2) is 0 Å². The van der Waals surface area contributed by atoms with Crippen molar-refractivity contribution in [3.05, 3.63) is 25.3 Å². The van der Waals surface area contributed by atoms with E-state index in [0.717, 1.165) is 19.3 Å². The Morgan fingerprint density at radius 1 is 1.22 bits per heavy atom. The van der Waals surface area contributed by atoms with Crippen LogP contribution >= 0.6 is 0 Å². The van der Waals surface area contributed by atoms with Crippen LogP contribution in [-0.4, -0.2) is 11.7 Å². The van der Waals surface area contributed by atoms with E-state index in [1.165, 1.54) is 25.7 Å². The van der Waals surface area contributed by atoms with Gasteiger partial charge in [0.25, 0.3) is 0 Å². The molecule has 0 amide bonds. The summed E-state index contributed by atoms with van der Waals surface area (Å²) in [6, 6.07) is 0. The first kappa shape index (κ1) is 18.7. The lowest BCUT2D eigenvalue weighted by molar-refractivity contribution is -0.0604. The summed E-state index contributed by atoms with van der Waals surface area (Å²) in [7, 11) is 0. The first-order chi connectivity index (χ1) is 10.4. The van der Waals surface area contributed by atoms with Crippen molar-refractivity contribution in [2.75, 3.05) is 0 Å². The summed E-state index contributed by atoms with van der Waals surface area (Å²) in [5.74, 6) is 2.22. The zero-order chi connectivity index (χ0) is 16.0. The molecule has 0 aromatic rings. The second kappa shape index (κ2) is 6.70. The summed E-state index contributed by atoms with van der Waals surface area (Å²) in [6.45, 7) is 10.3. The van der Waals surface area contributed by atoms with E-state index in [0.29, 0.717) is 35.5 Å². The molecule has 3 fully saturated rings. The number of fused-ring (bicyclic) bond motifs is 3. The molecule has 2 N–H and O–H groups in total. The summed E-state index contributed by atoms with van der Waals surface area (Å²) < 4.78 is 14.5. The van der Waals surface area contributed by atoms with Crippen LogP contribution in [0.25, 0.3) is 0 Å². The van der Waals surface area contributed by atoms with Crippen molar-refractivity contribution in [1.29, 1.82) is 0 Å². The highest BCUT2D eigenvalue weighted by atomic mass is 19.1. The monoisotopic (exact) mass is 321 g/mol. The molecule has 3 saturated carbocycles. The van der Waals surface area contributed by atoms with Crippen LogP contribution in [0, 0.1) is 29.1 Å². The summed E-state index contributed by atoms with van der Waals surface area (Å²) >= 11 is 0. The maximum Gasteiger partial charge on any atom is 0.102 e. The summed E-state index contributed by atoms with van der Waals surface area (Å²) in [4.78, 5) is 0. The van der Waals surface area contributed by atoms with E-state index in [2.05, 4.69) is 26.2 Å². The van der Waals surface area contributed by atoms with Gasteiger partial charge < -0.3 is 5.73 Å². The number of allylic oxidation sites excluding steroid dienone is 2. The fourth-order valence-corrected chi connectivity index (χ4v) is 6.36. The van der Waals surface area contributed by atoms with Gasteiger partial charge in [-0.3, -0.25) is 0 Å². The standard InChI is InChI=1S/C20H32FN.CH4/c1-4-6-10-20(22)13-15(21)12-16-17-8-7-14(5-2)19(17,3)11-9-18(16)20;/h4-5,14-18H,1-2,6-13,22H2,3H3;1H4. The SMILES string of the molecule is C.C=CCCC1(N)CC(F)CC2C1CCC1(C)C(C=C)CCC21. The molecule has 0 aromatic heterocycles. The number of nitrogens with two attached hydrogens (primary N) is 1. The number of alkyl halides is 1. The summed E-state index contributed by atoms with van der Waals surface area (Å²) in [5.41, 5.74) is 6.79. The quantitative estimate of drug-likeness (QED) is 0.664. The molecule has 0 aromatic carbocycles. The molecule has 2 heteroatoms. The molecule has 7 unspecified atom stereocenters. The molecule has 0 heterocycles. The van der Waals surface area contributed by atoms with Gasteiger partial charge in [-0.1, -0.05) is 26.5 Å². The third-order valence-corrected chi connectivity index (χ3v) is 7.48. The fraction of sp³-hybridized carbons (Fsp3) is 0.810. The molecule has 0 radical (unpaired) electrons. The van der Waals surface area contributed by atoms with Crippen LogP contribution in [0.2, 0.25) is 0 Å². The van der Waals surface area contributed by atoms with Gasteiger partial charge in [0.05, 0.1) is 0 Å². The van der Waals surface area contributed by atoms with Gasteiger partial charge in [-0.25, -0.2) is 4.39 Å². The third kappa shape index (κ3) is 2.92. The first-order valence-electron chi connectivity index (χ1n) is 9.11. The van der Waals surface area contributed by atoms with Gasteiger partial charge in [-0.05, 0) is 80.5 Å². The first-order valence-corrected chi connectivity index (χ1v) is 9.11. The van der Waals surface area contributed by atoms with E-state index in [-0.39, 0.29) is 13.0 Å². The zero-order valence-electron chi connectivity index (χ0n) is 14.1. The topological polar surface area (TPSA) is 26.0 Å². The van der Waals surface area contributed by atoms with Gasteiger partial charge in [-0.15, -0.1) is 13.2 Å². The molecule has 0 spiro atoms. The molecule has 0 saturated heterocycles.